The first-order chi connectivity index (χ1) is 28.1. The molecule has 0 spiro atoms. The van der Waals surface area contributed by atoms with Gasteiger partial charge in [0.15, 0.2) is 0 Å². The van der Waals surface area contributed by atoms with Crippen molar-refractivity contribution in [3.05, 3.63) is 208 Å². The van der Waals surface area contributed by atoms with Crippen molar-refractivity contribution in [2.75, 3.05) is 0 Å². The zero-order chi connectivity index (χ0) is 37.8. The Morgan fingerprint density at radius 2 is 1.11 bits per heavy atom. The topological polar surface area (TPSA) is 43.9 Å². The largest absolute Gasteiger partial charge is 0.417 e. The highest BCUT2D eigenvalue weighted by Crippen LogP contribution is 2.56. The van der Waals surface area contributed by atoms with Crippen LogP contribution in [0.5, 0.6) is 0 Å². The van der Waals surface area contributed by atoms with Gasteiger partial charge < -0.3 is 8.98 Å². The average molecular weight is 734 g/mol. The van der Waals surface area contributed by atoms with Crippen LogP contribution in [0, 0.1) is 0 Å². The van der Waals surface area contributed by atoms with Crippen molar-refractivity contribution in [2.45, 2.75) is 43.9 Å². The lowest BCUT2D eigenvalue weighted by atomic mass is 9.61. The highest BCUT2D eigenvalue weighted by atomic mass is 16.4. The van der Waals surface area contributed by atoms with Crippen LogP contribution < -0.4 is 0 Å². The third-order valence-electron chi connectivity index (χ3n) is 13.5. The van der Waals surface area contributed by atoms with Crippen LogP contribution >= 0.6 is 0 Å². The lowest BCUT2D eigenvalue weighted by Crippen LogP contribution is -2.27. The molecule has 2 aromatic heterocycles. The van der Waals surface area contributed by atoms with Crippen molar-refractivity contribution in [2.24, 2.45) is 0 Å². The number of nitrogens with zero attached hydrogens (tertiary/aromatic N) is 3. The van der Waals surface area contributed by atoms with Crippen molar-refractivity contribution in [3.8, 4) is 28.3 Å². The predicted molar refractivity (Wildman–Crippen MR) is 231 cm³/mol. The molecular formula is C53H39N3O. The molecule has 4 aliphatic rings. The van der Waals surface area contributed by atoms with Crippen LogP contribution in [0.4, 0.5) is 0 Å². The smallest absolute Gasteiger partial charge is 0.248 e. The molecule has 272 valence electrons. The first-order valence-corrected chi connectivity index (χ1v) is 20.3. The molecule has 0 fully saturated rings. The average Bonchev–Trinajstić information content (AvgIpc) is 3.96. The van der Waals surface area contributed by atoms with Crippen LogP contribution in [0.2, 0.25) is 0 Å². The molecule has 4 heteroatoms. The van der Waals surface area contributed by atoms with Gasteiger partial charge in [0, 0.05) is 45.4 Å². The number of para-hydroxylation sites is 2. The molecular weight excluding hydrogens is 695 g/mol. The van der Waals surface area contributed by atoms with Gasteiger partial charge in [0.05, 0.1) is 11.0 Å². The second kappa shape index (κ2) is 12.1. The maximum absolute atomic E-state index is 6.33. The van der Waals surface area contributed by atoms with E-state index in [-0.39, 0.29) is 17.3 Å². The lowest BCUT2D eigenvalue weighted by Gasteiger charge is -2.42. The lowest BCUT2D eigenvalue weighted by molar-refractivity contribution is 0.490. The minimum atomic E-state index is -0.0894. The molecule has 57 heavy (non-hydrogen) atoms. The predicted octanol–water partition coefficient (Wildman–Crippen LogP) is 13.1. The summed E-state index contributed by atoms with van der Waals surface area (Å²) in [5, 5.41) is 11.6. The van der Waals surface area contributed by atoms with Gasteiger partial charge in [-0.3, -0.25) is 0 Å². The summed E-state index contributed by atoms with van der Waals surface area (Å²) in [7, 11) is 0. The van der Waals surface area contributed by atoms with E-state index >= 15 is 0 Å². The van der Waals surface area contributed by atoms with Crippen molar-refractivity contribution < 1.29 is 4.42 Å². The van der Waals surface area contributed by atoms with Crippen molar-refractivity contribution in [3.63, 3.8) is 0 Å². The van der Waals surface area contributed by atoms with Gasteiger partial charge in [-0.05, 0) is 117 Å². The number of hydrogen-bond donors (Lipinski definition) is 0. The summed E-state index contributed by atoms with van der Waals surface area (Å²) >= 11 is 0. The summed E-state index contributed by atoms with van der Waals surface area (Å²) in [5.74, 6) is 1.48. The highest BCUT2D eigenvalue weighted by molar-refractivity contribution is 6.09. The Labute approximate surface area is 331 Å². The van der Waals surface area contributed by atoms with E-state index in [4.69, 9.17) is 4.42 Å². The number of aromatic nitrogens is 3. The quantitative estimate of drug-likeness (QED) is 0.171. The summed E-state index contributed by atoms with van der Waals surface area (Å²) in [6.07, 6.45) is 6.09. The van der Waals surface area contributed by atoms with Crippen LogP contribution in [0.15, 0.2) is 156 Å². The molecule has 0 atom stereocenters. The van der Waals surface area contributed by atoms with Crippen LogP contribution in [-0.2, 0) is 5.41 Å². The molecule has 0 saturated heterocycles. The molecule has 0 radical (unpaired) electrons. The molecule has 0 N–H and O–H groups in total. The Balaban J connectivity index is 0.869. The Morgan fingerprint density at radius 1 is 0.544 bits per heavy atom. The Bertz CT molecular complexity index is 3040. The van der Waals surface area contributed by atoms with Crippen molar-refractivity contribution in [1.82, 2.24) is 14.8 Å². The van der Waals surface area contributed by atoms with E-state index < -0.39 is 0 Å². The number of fused-ring (bicyclic) bond motifs is 6. The molecule has 0 amide bonds. The summed E-state index contributed by atoms with van der Waals surface area (Å²) in [5.41, 5.74) is 19.5. The van der Waals surface area contributed by atoms with E-state index in [1.165, 1.54) is 83.1 Å². The molecule has 0 unspecified atom stereocenters. The Kier molecular flexibility index (Phi) is 6.90. The molecule has 0 saturated carbocycles. The van der Waals surface area contributed by atoms with Crippen LogP contribution in [0.25, 0.3) is 62.2 Å². The van der Waals surface area contributed by atoms with E-state index in [2.05, 4.69) is 186 Å². The van der Waals surface area contributed by atoms with Gasteiger partial charge >= 0.3 is 0 Å². The third-order valence-corrected chi connectivity index (χ3v) is 13.5. The zero-order valence-electron chi connectivity index (χ0n) is 31.9. The van der Waals surface area contributed by atoms with Crippen LogP contribution in [-0.4, -0.2) is 14.8 Å². The standard InChI is InChI=1S/C53H39N3O/c1-3-53(4-2)45-29-32(21-25-35(45)36-27-24-34(31-46(36)53)56-47-19-11-9-13-37(47)38-14-10-12-20-48(38)56)22-28-49-54-55-52(57-49)33-23-26-43-44(30-33)51-41-17-7-5-15-39(41)50(43)40-16-6-8-18-42(40)51/h5-31,50-51H,3-4H2,1-2H3/b28-22+. The number of rotatable bonds is 6. The first-order valence-electron chi connectivity index (χ1n) is 20.3. The first kappa shape index (κ1) is 32.5. The minimum Gasteiger partial charge on any atom is -0.417 e. The maximum Gasteiger partial charge on any atom is 0.248 e. The molecule has 2 heterocycles. The number of benzene rings is 7. The van der Waals surface area contributed by atoms with Gasteiger partial charge in [-0.2, -0.15) is 0 Å². The fourth-order valence-electron chi connectivity index (χ4n) is 10.8. The Morgan fingerprint density at radius 3 is 1.75 bits per heavy atom. The van der Waals surface area contributed by atoms with Gasteiger partial charge in [0.25, 0.3) is 0 Å². The van der Waals surface area contributed by atoms with Gasteiger partial charge in [-0.25, -0.2) is 0 Å². The molecule has 9 aromatic rings. The summed E-state index contributed by atoms with van der Waals surface area (Å²) in [6, 6.07) is 56.0. The number of hydrogen-bond acceptors (Lipinski definition) is 3. The summed E-state index contributed by atoms with van der Waals surface area (Å²) < 4.78 is 8.76. The van der Waals surface area contributed by atoms with Gasteiger partial charge in [-0.1, -0.05) is 129 Å². The summed E-state index contributed by atoms with van der Waals surface area (Å²) in [6.45, 7) is 4.67. The SMILES string of the molecule is CCC1(CC)c2cc(/C=C/c3nnc(-c4ccc5c(c4)C4c6ccccc6C5c5ccccc54)o3)ccc2-c2ccc(-n3c4ccccc4c4ccccc43)cc21. The molecule has 0 aliphatic heterocycles. The van der Waals surface area contributed by atoms with E-state index in [1.54, 1.807) is 0 Å². The monoisotopic (exact) mass is 733 g/mol. The van der Waals surface area contributed by atoms with Crippen LogP contribution in [0.1, 0.15) is 94.5 Å². The van der Waals surface area contributed by atoms with Crippen molar-refractivity contribution in [1.29, 1.82) is 0 Å². The second-order valence-corrected chi connectivity index (χ2v) is 15.9. The Hall–Kier alpha value is -6.78. The molecule has 13 rings (SSSR count). The van der Waals surface area contributed by atoms with E-state index in [0.29, 0.717) is 11.8 Å². The fraction of sp³-hybridized carbons (Fsp3) is 0.132. The highest BCUT2D eigenvalue weighted by Gasteiger charge is 2.42. The van der Waals surface area contributed by atoms with E-state index in [1.807, 2.05) is 6.08 Å². The maximum atomic E-state index is 6.33. The minimum absolute atomic E-state index is 0.0894. The van der Waals surface area contributed by atoms with Gasteiger partial charge in [0.2, 0.25) is 11.8 Å². The van der Waals surface area contributed by atoms with Gasteiger partial charge in [0.1, 0.15) is 0 Å². The third kappa shape index (κ3) is 4.50. The van der Waals surface area contributed by atoms with E-state index in [0.717, 1.165) is 24.0 Å². The zero-order valence-corrected chi connectivity index (χ0v) is 31.9. The molecule has 2 bridgehead atoms. The van der Waals surface area contributed by atoms with Gasteiger partial charge in [-0.15, -0.1) is 10.2 Å². The summed E-state index contributed by atoms with van der Waals surface area (Å²) in [4.78, 5) is 0. The van der Waals surface area contributed by atoms with E-state index in [9.17, 15) is 0 Å². The second-order valence-electron chi connectivity index (χ2n) is 15.9. The molecule has 7 aromatic carbocycles. The molecule has 4 aliphatic carbocycles. The molecule has 4 nitrogen and oxygen atoms in total. The fourth-order valence-corrected chi connectivity index (χ4v) is 10.8. The van der Waals surface area contributed by atoms with Crippen molar-refractivity contribution >= 4 is 34.0 Å². The normalized spacial score (nSPS) is 16.8. The van der Waals surface area contributed by atoms with Crippen LogP contribution in [0.3, 0.4) is 0 Å².